The highest BCUT2D eigenvalue weighted by Crippen LogP contribution is 2.12. The molecule has 6 nitrogen and oxygen atoms in total. The van der Waals surface area contributed by atoms with Crippen molar-refractivity contribution >= 4 is 17.9 Å². The first-order valence-electron chi connectivity index (χ1n) is 22.6. The highest BCUT2D eigenvalue weighted by Gasteiger charge is 2.19. The Morgan fingerprint density at radius 3 is 1.20 bits per heavy atom. The molecule has 0 bridgehead atoms. The highest BCUT2D eigenvalue weighted by molar-refractivity contribution is 5.71. The Morgan fingerprint density at radius 1 is 0.375 bits per heavy atom. The molecule has 0 saturated heterocycles. The van der Waals surface area contributed by atoms with Gasteiger partial charge in [0, 0.05) is 19.3 Å². The minimum atomic E-state index is -0.811. The van der Waals surface area contributed by atoms with Crippen LogP contribution in [-0.4, -0.2) is 37.2 Å². The van der Waals surface area contributed by atoms with E-state index in [0.717, 1.165) is 96.3 Å². The second-order valence-electron chi connectivity index (χ2n) is 14.6. The molecule has 0 aromatic rings. The minimum Gasteiger partial charge on any atom is -0.462 e. The molecule has 0 aliphatic rings. The third-order valence-electron chi connectivity index (χ3n) is 9.12. The summed E-state index contributed by atoms with van der Waals surface area (Å²) in [5.74, 6) is -1.02. The lowest BCUT2D eigenvalue weighted by atomic mass is 10.1. The maximum absolute atomic E-state index is 12.7. The minimum absolute atomic E-state index is 0.108. The largest absolute Gasteiger partial charge is 0.462 e. The normalized spacial score (nSPS) is 12.8. The van der Waals surface area contributed by atoms with Crippen LogP contribution in [0, 0.1) is 0 Å². The Labute approximate surface area is 344 Å². The summed E-state index contributed by atoms with van der Waals surface area (Å²) in [7, 11) is 0. The third-order valence-corrected chi connectivity index (χ3v) is 9.12. The summed E-state index contributed by atoms with van der Waals surface area (Å²) in [5, 5.41) is 0. The number of rotatable bonds is 39. The monoisotopic (exact) mass is 779 g/mol. The van der Waals surface area contributed by atoms with E-state index in [0.29, 0.717) is 19.3 Å². The second-order valence-corrected chi connectivity index (χ2v) is 14.6. The highest BCUT2D eigenvalue weighted by atomic mass is 16.6. The fourth-order valence-corrected chi connectivity index (χ4v) is 5.69. The van der Waals surface area contributed by atoms with Gasteiger partial charge in [0.15, 0.2) is 6.10 Å². The number of carbonyl (C=O) groups excluding carboxylic acids is 3. The van der Waals surface area contributed by atoms with Gasteiger partial charge >= 0.3 is 17.9 Å². The zero-order valence-corrected chi connectivity index (χ0v) is 36.1. The number of ether oxygens (including phenoxy) is 3. The Kier molecular flexibility index (Phi) is 41.6. The van der Waals surface area contributed by atoms with Crippen molar-refractivity contribution in [3.63, 3.8) is 0 Å². The van der Waals surface area contributed by atoms with Gasteiger partial charge in [-0.1, -0.05) is 170 Å². The van der Waals surface area contributed by atoms with E-state index in [1.165, 1.54) is 51.4 Å². The van der Waals surface area contributed by atoms with Gasteiger partial charge in [-0.05, 0) is 89.9 Å². The Bertz CT molecular complexity index is 1120. The van der Waals surface area contributed by atoms with Crippen LogP contribution in [0.4, 0.5) is 0 Å². The lowest BCUT2D eigenvalue weighted by Gasteiger charge is -2.18. The molecule has 0 fully saturated rings. The van der Waals surface area contributed by atoms with Crippen molar-refractivity contribution in [2.45, 2.75) is 200 Å². The number of unbranched alkanes of at least 4 members (excludes halogenated alkanes) is 14. The summed E-state index contributed by atoms with van der Waals surface area (Å²) in [4.78, 5) is 37.7. The van der Waals surface area contributed by atoms with Crippen LogP contribution in [0.25, 0.3) is 0 Å². The molecule has 0 spiro atoms. The molecule has 0 rings (SSSR count). The standard InChI is InChI=1S/C50H82O6/c1-4-7-10-13-16-19-22-23-24-25-26-29-31-34-37-40-43-49(52)55-46-47(56-50(53)44-41-38-35-32-28-21-18-15-12-9-6-3)45-54-48(51)42-39-36-33-30-27-20-17-14-11-8-5-2/h7,10,14-19,23-24,26,29,34,37,47H,4-6,8-9,11-13,20-22,25,27-28,30-33,35-36,38-46H2,1-3H3/b10-7-,17-14-,18-15-,19-16-,24-23-,29-26-,37-34-. The first-order valence-corrected chi connectivity index (χ1v) is 22.6. The molecule has 0 aliphatic heterocycles. The van der Waals surface area contributed by atoms with E-state index in [1.54, 1.807) is 0 Å². The van der Waals surface area contributed by atoms with E-state index in [-0.39, 0.29) is 37.5 Å². The van der Waals surface area contributed by atoms with Gasteiger partial charge in [0.25, 0.3) is 0 Å². The fourth-order valence-electron chi connectivity index (χ4n) is 5.69. The molecule has 0 N–H and O–H groups in total. The van der Waals surface area contributed by atoms with Crippen molar-refractivity contribution in [2.24, 2.45) is 0 Å². The van der Waals surface area contributed by atoms with Crippen LogP contribution in [-0.2, 0) is 28.6 Å². The number of esters is 3. The van der Waals surface area contributed by atoms with Gasteiger partial charge in [0.2, 0.25) is 0 Å². The van der Waals surface area contributed by atoms with Crippen molar-refractivity contribution in [3.8, 4) is 0 Å². The molecule has 0 heterocycles. The van der Waals surface area contributed by atoms with Crippen LogP contribution in [0.3, 0.4) is 0 Å². The fraction of sp³-hybridized carbons (Fsp3) is 0.660. The Hall–Kier alpha value is -3.41. The summed E-state index contributed by atoms with van der Waals surface area (Å²) in [6, 6.07) is 0. The zero-order chi connectivity index (χ0) is 40.8. The Balaban J connectivity index is 4.52. The maximum Gasteiger partial charge on any atom is 0.306 e. The molecule has 56 heavy (non-hydrogen) atoms. The number of hydrogen-bond acceptors (Lipinski definition) is 6. The molecule has 1 unspecified atom stereocenters. The van der Waals surface area contributed by atoms with Crippen molar-refractivity contribution in [3.05, 3.63) is 85.1 Å². The first kappa shape index (κ1) is 52.6. The molecule has 0 aliphatic carbocycles. The quantitative estimate of drug-likeness (QED) is 0.0268. The van der Waals surface area contributed by atoms with Gasteiger partial charge in [-0.15, -0.1) is 0 Å². The van der Waals surface area contributed by atoms with Gasteiger partial charge in [-0.3, -0.25) is 14.4 Å². The van der Waals surface area contributed by atoms with Gasteiger partial charge < -0.3 is 14.2 Å². The van der Waals surface area contributed by atoms with Crippen LogP contribution >= 0.6 is 0 Å². The van der Waals surface area contributed by atoms with Crippen molar-refractivity contribution in [1.82, 2.24) is 0 Å². The van der Waals surface area contributed by atoms with Crippen molar-refractivity contribution in [2.75, 3.05) is 13.2 Å². The topological polar surface area (TPSA) is 78.9 Å². The predicted molar refractivity (Wildman–Crippen MR) is 237 cm³/mol. The lowest BCUT2D eigenvalue weighted by Crippen LogP contribution is -2.30. The van der Waals surface area contributed by atoms with Crippen LogP contribution in [0.1, 0.15) is 194 Å². The van der Waals surface area contributed by atoms with E-state index >= 15 is 0 Å². The van der Waals surface area contributed by atoms with Gasteiger partial charge in [0.05, 0.1) is 0 Å². The predicted octanol–water partition coefficient (Wildman–Crippen LogP) is 14.5. The van der Waals surface area contributed by atoms with E-state index in [1.807, 2.05) is 12.2 Å². The number of hydrogen-bond donors (Lipinski definition) is 0. The molecule has 0 amide bonds. The third kappa shape index (κ3) is 41.7. The summed E-state index contributed by atoms with van der Waals surface area (Å²) in [6.07, 6.45) is 55.8. The first-order chi connectivity index (χ1) is 27.5. The van der Waals surface area contributed by atoms with Crippen molar-refractivity contribution < 1.29 is 28.6 Å². The molecular formula is C50H82O6. The lowest BCUT2D eigenvalue weighted by molar-refractivity contribution is -0.166. The van der Waals surface area contributed by atoms with Crippen LogP contribution in [0.15, 0.2) is 85.1 Å². The average molecular weight is 779 g/mol. The van der Waals surface area contributed by atoms with E-state index in [9.17, 15) is 14.4 Å². The van der Waals surface area contributed by atoms with Gasteiger partial charge in [-0.2, -0.15) is 0 Å². The SMILES string of the molecule is CC/C=C\C/C=C\C/C=C\C/C=C\C/C=C\CCC(=O)OCC(COC(=O)CCCCCCC/C=C\CCCC)OC(=O)CCCCCCC/C=C\CCCC. The second kappa shape index (κ2) is 44.3. The van der Waals surface area contributed by atoms with Crippen LogP contribution in [0.5, 0.6) is 0 Å². The van der Waals surface area contributed by atoms with Gasteiger partial charge in [-0.25, -0.2) is 0 Å². The van der Waals surface area contributed by atoms with E-state index < -0.39 is 6.10 Å². The summed E-state index contributed by atoms with van der Waals surface area (Å²) >= 11 is 0. The molecule has 0 radical (unpaired) electrons. The smallest absolute Gasteiger partial charge is 0.306 e. The molecule has 1 atom stereocenters. The molecule has 318 valence electrons. The molecule has 0 aromatic carbocycles. The number of carbonyl (C=O) groups is 3. The molecule has 0 saturated carbocycles. The average Bonchev–Trinajstić information content (AvgIpc) is 3.19. The van der Waals surface area contributed by atoms with Crippen molar-refractivity contribution in [1.29, 1.82) is 0 Å². The van der Waals surface area contributed by atoms with E-state index in [2.05, 4.69) is 93.7 Å². The van der Waals surface area contributed by atoms with E-state index in [4.69, 9.17) is 14.2 Å². The molecule has 6 heteroatoms. The zero-order valence-electron chi connectivity index (χ0n) is 36.1. The van der Waals surface area contributed by atoms with Gasteiger partial charge in [0.1, 0.15) is 13.2 Å². The number of allylic oxidation sites excluding steroid dienone is 14. The summed E-state index contributed by atoms with van der Waals surface area (Å²) in [5.41, 5.74) is 0. The van der Waals surface area contributed by atoms with Crippen LogP contribution < -0.4 is 0 Å². The van der Waals surface area contributed by atoms with Crippen LogP contribution in [0.2, 0.25) is 0 Å². The summed E-state index contributed by atoms with van der Waals surface area (Å²) in [6.45, 7) is 6.34. The molecular weight excluding hydrogens is 697 g/mol. The Morgan fingerprint density at radius 2 is 0.732 bits per heavy atom. The summed E-state index contributed by atoms with van der Waals surface area (Å²) < 4.78 is 16.6. The maximum atomic E-state index is 12.7. The molecule has 0 aromatic heterocycles.